The SMILES string of the molecule is O=C(NC[C@@H]1CCCO1)c1nc(-c2ccccc2)no1. The van der Waals surface area contributed by atoms with E-state index in [2.05, 4.69) is 15.5 Å². The molecule has 0 aliphatic carbocycles. The first-order valence-corrected chi connectivity index (χ1v) is 6.62. The predicted octanol–water partition coefficient (Wildman–Crippen LogP) is 1.65. The van der Waals surface area contributed by atoms with Crippen molar-refractivity contribution in [2.45, 2.75) is 18.9 Å². The van der Waals surface area contributed by atoms with Crippen molar-refractivity contribution in [2.75, 3.05) is 13.2 Å². The van der Waals surface area contributed by atoms with Crippen LogP contribution in [0.15, 0.2) is 34.9 Å². The topological polar surface area (TPSA) is 77.2 Å². The van der Waals surface area contributed by atoms with Crippen molar-refractivity contribution in [2.24, 2.45) is 0 Å². The summed E-state index contributed by atoms with van der Waals surface area (Å²) in [6, 6.07) is 9.38. The van der Waals surface area contributed by atoms with Crippen LogP contribution in [0.4, 0.5) is 0 Å². The lowest BCUT2D eigenvalue weighted by Gasteiger charge is -2.08. The minimum atomic E-state index is -0.366. The first-order valence-electron chi connectivity index (χ1n) is 6.62. The molecule has 1 aliphatic heterocycles. The van der Waals surface area contributed by atoms with Crippen LogP contribution in [-0.4, -0.2) is 35.3 Å². The summed E-state index contributed by atoms with van der Waals surface area (Å²) in [6.45, 7) is 1.24. The normalized spacial score (nSPS) is 18.1. The quantitative estimate of drug-likeness (QED) is 0.916. The second-order valence-electron chi connectivity index (χ2n) is 4.63. The number of benzene rings is 1. The van der Waals surface area contributed by atoms with Crippen molar-refractivity contribution in [3.05, 3.63) is 36.2 Å². The molecular weight excluding hydrogens is 258 g/mol. The first-order chi connectivity index (χ1) is 9.83. The van der Waals surface area contributed by atoms with Gasteiger partial charge >= 0.3 is 11.8 Å². The molecule has 6 heteroatoms. The van der Waals surface area contributed by atoms with Gasteiger partial charge in [0, 0.05) is 18.7 Å². The van der Waals surface area contributed by atoms with Crippen LogP contribution in [-0.2, 0) is 4.74 Å². The monoisotopic (exact) mass is 273 g/mol. The summed E-state index contributed by atoms with van der Waals surface area (Å²) < 4.78 is 10.4. The fraction of sp³-hybridized carbons (Fsp3) is 0.357. The van der Waals surface area contributed by atoms with E-state index in [-0.39, 0.29) is 17.9 Å². The lowest BCUT2D eigenvalue weighted by Crippen LogP contribution is -2.31. The van der Waals surface area contributed by atoms with Crippen LogP contribution < -0.4 is 5.32 Å². The van der Waals surface area contributed by atoms with Crippen LogP contribution >= 0.6 is 0 Å². The van der Waals surface area contributed by atoms with Crippen LogP contribution in [0.1, 0.15) is 23.5 Å². The Bertz CT molecular complexity index is 576. The summed E-state index contributed by atoms with van der Waals surface area (Å²) in [5.74, 6) is 0.0184. The molecule has 1 atom stereocenters. The van der Waals surface area contributed by atoms with E-state index < -0.39 is 0 Å². The summed E-state index contributed by atoms with van der Waals surface area (Å²) in [5.41, 5.74) is 0.814. The van der Waals surface area contributed by atoms with Gasteiger partial charge in [0.05, 0.1) is 6.10 Å². The molecule has 2 aromatic rings. The Hall–Kier alpha value is -2.21. The van der Waals surface area contributed by atoms with E-state index in [9.17, 15) is 4.79 Å². The average molecular weight is 273 g/mol. The van der Waals surface area contributed by atoms with Gasteiger partial charge < -0.3 is 14.6 Å². The second kappa shape index (κ2) is 5.83. The minimum Gasteiger partial charge on any atom is -0.376 e. The zero-order valence-electron chi connectivity index (χ0n) is 10.9. The predicted molar refractivity (Wildman–Crippen MR) is 71.0 cm³/mol. The van der Waals surface area contributed by atoms with Gasteiger partial charge in [-0.05, 0) is 12.8 Å². The molecule has 0 saturated carbocycles. The number of nitrogens with one attached hydrogen (secondary N) is 1. The molecule has 1 fully saturated rings. The maximum atomic E-state index is 11.9. The van der Waals surface area contributed by atoms with Gasteiger partial charge in [-0.25, -0.2) is 0 Å². The molecule has 1 aromatic heterocycles. The van der Waals surface area contributed by atoms with Gasteiger partial charge in [-0.2, -0.15) is 4.98 Å². The number of amides is 1. The molecule has 1 aromatic carbocycles. The second-order valence-corrected chi connectivity index (χ2v) is 4.63. The summed E-state index contributed by atoms with van der Waals surface area (Å²) >= 11 is 0. The summed E-state index contributed by atoms with van der Waals surface area (Å²) in [4.78, 5) is 16.0. The van der Waals surface area contributed by atoms with Crippen LogP contribution in [0, 0.1) is 0 Å². The van der Waals surface area contributed by atoms with Gasteiger partial charge in [0.15, 0.2) is 0 Å². The van der Waals surface area contributed by atoms with E-state index in [1.165, 1.54) is 0 Å². The zero-order chi connectivity index (χ0) is 13.8. The lowest BCUT2D eigenvalue weighted by molar-refractivity contribution is 0.0822. The number of nitrogens with zero attached hydrogens (tertiary/aromatic N) is 2. The Morgan fingerprint density at radius 3 is 2.95 bits per heavy atom. The maximum Gasteiger partial charge on any atom is 0.316 e. The van der Waals surface area contributed by atoms with Crippen LogP contribution in [0.3, 0.4) is 0 Å². The molecule has 0 bridgehead atoms. The summed E-state index contributed by atoms with van der Waals surface area (Å²) in [5, 5.41) is 6.55. The molecule has 0 spiro atoms. The standard InChI is InChI=1S/C14H15N3O3/c18-13(15-9-11-7-4-8-19-11)14-16-12(17-20-14)10-5-2-1-3-6-10/h1-3,5-6,11H,4,7-9H2,(H,15,18)/t11-/m0/s1. The van der Waals surface area contributed by atoms with Gasteiger partial charge in [0.25, 0.3) is 0 Å². The zero-order valence-corrected chi connectivity index (χ0v) is 10.9. The van der Waals surface area contributed by atoms with Crippen molar-refractivity contribution >= 4 is 5.91 Å². The van der Waals surface area contributed by atoms with E-state index >= 15 is 0 Å². The van der Waals surface area contributed by atoms with Crippen molar-refractivity contribution in [1.29, 1.82) is 0 Å². The number of carbonyl (C=O) groups excluding carboxylic acids is 1. The summed E-state index contributed by atoms with van der Waals surface area (Å²) in [6.07, 6.45) is 2.11. The fourth-order valence-corrected chi connectivity index (χ4v) is 2.11. The molecule has 20 heavy (non-hydrogen) atoms. The number of rotatable bonds is 4. The van der Waals surface area contributed by atoms with E-state index in [0.29, 0.717) is 12.4 Å². The Balaban J connectivity index is 1.62. The van der Waals surface area contributed by atoms with Gasteiger partial charge in [-0.15, -0.1) is 0 Å². The Labute approximate surface area is 116 Å². The largest absolute Gasteiger partial charge is 0.376 e. The van der Waals surface area contributed by atoms with E-state index in [1.807, 2.05) is 30.3 Å². The highest BCUT2D eigenvalue weighted by Gasteiger charge is 2.20. The number of aromatic nitrogens is 2. The van der Waals surface area contributed by atoms with Crippen LogP contribution in [0.5, 0.6) is 0 Å². The first kappa shape index (κ1) is 12.8. The van der Waals surface area contributed by atoms with Crippen molar-refractivity contribution in [3.63, 3.8) is 0 Å². The molecule has 1 saturated heterocycles. The molecule has 104 valence electrons. The maximum absolute atomic E-state index is 11.9. The number of ether oxygens (including phenoxy) is 1. The number of hydrogen-bond acceptors (Lipinski definition) is 5. The van der Waals surface area contributed by atoms with Crippen LogP contribution in [0.25, 0.3) is 11.4 Å². The Morgan fingerprint density at radius 1 is 1.35 bits per heavy atom. The third-order valence-corrected chi connectivity index (χ3v) is 3.17. The molecule has 0 radical (unpaired) electrons. The Morgan fingerprint density at radius 2 is 2.20 bits per heavy atom. The van der Waals surface area contributed by atoms with Gasteiger partial charge in [-0.3, -0.25) is 4.79 Å². The van der Waals surface area contributed by atoms with E-state index in [1.54, 1.807) is 0 Å². The molecular formula is C14H15N3O3. The van der Waals surface area contributed by atoms with E-state index in [4.69, 9.17) is 9.26 Å². The number of hydrogen-bond donors (Lipinski definition) is 1. The van der Waals surface area contributed by atoms with Crippen molar-refractivity contribution in [3.8, 4) is 11.4 Å². The van der Waals surface area contributed by atoms with Gasteiger partial charge in [0.1, 0.15) is 0 Å². The molecule has 1 N–H and O–H groups in total. The number of carbonyl (C=O) groups is 1. The molecule has 1 amide bonds. The Kier molecular flexibility index (Phi) is 3.73. The molecule has 0 unspecified atom stereocenters. The smallest absolute Gasteiger partial charge is 0.316 e. The molecule has 3 rings (SSSR count). The average Bonchev–Trinajstić information content (AvgIpc) is 3.17. The molecule has 2 heterocycles. The van der Waals surface area contributed by atoms with Gasteiger partial charge in [0.2, 0.25) is 5.82 Å². The van der Waals surface area contributed by atoms with Crippen LogP contribution in [0.2, 0.25) is 0 Å². The lowest BCUT2D eigenvalue weighted by atomic mass is 10.2. The van der Waals surface area contributed by atoms with Gasteiger partial charge in [-0.1, -0.05) is 35.5 Å². The molecule has 1 aliphatic rings. The van der Waals surface area contributed by atoms with Crippen molar-refractivity contribution in [1.82, 2.24) is 15.5 Å². The fourth-order valence-electron chi connectivity index (χ4n) is 2.11. The highest BCUT2D eigenvalue weighted by molar-refractivity contribution is 5.89. The highest BCUT2D eigenvalue weighted by Crippen LogP contribution is 2.15. The molecule has 6 nitrogen and oxygen atoms in total. The third-order valence-electron chi connectivity index (χ3n) is 3.17. The third kappa shape index (κ3) is 2.85. The minimum absolute atomic E-state index is 0.0261. The van der Waals surface area contributed by atoms with E-state index in [0.717, 1.165) is 25.0 Å². The summed E-state index contributed by atoms with van der Waals surface area (Å²) in [7, 11) is 0. The van der Waals surface area contributed by atoms with Crippen molar-refractivity contribution < 1.29 is 14.1 Å². The highest BCUT2D eigenvalue weighted by atomic mass is 16.5.